The fraction of sp³-hybridized carbons (Fsp3) is 0.667. The van der Waals surface area contributed by atoms with E-state index in [1.807, 2.05) is 0 Å². The monoisotopic (exact) mass is 276 g/mol. The molecule has 0 amide bonds. The lowest BCUT2D eigenvalue weighted by Gasteiger charge is -2.38. The van der Waals surface area contributed by atoms with Crippen LogP contribution in [-0.2, 0) is 0 Å². The summed E-state index contributed by atoms with van der Waals surface area (Å²) in [4.78, 5) is 2.61. The molecular formula is C18H32N2. The smallest absolute Gasteiger partial charge is 0.0475 e. The molecule has 0 aromatic heterocycles. The van der Waals surface area contributed by atoms with E-state index in [1.54, 1.807) is 0 Å². The second-order valence-electron chi connectivity index (χ2n) is 5.91. The second kappa shape index (κ2) is 9.15. The van der Waals surface area contributed by atoms with Crippen LogP contribution >= 0.6 is 0 Å². The summed E-state index contributed by atoms with van der Waals surface area (Å²) in [6.45, 7) is 13.7. The fourth-order valence-electron chi connectivity index (χ4n) is 2.91. The van der Waals surface area contributed by atoms with Crippen molar-refractivity contribution in [2.24, 2.45) is 0 Å². The van der Waals surface area contributed by atoms with Crippen LogP contribution in [0.3, 0.4) is 0 Å². The molecule has 0 heterocycles. The van der Waals surface area contributed by atoms with Crippen molar-refractivity contribution in [3.05, 3.63) is 35.9 Å². The Balaban J connectivity index is 2.91. The Morgan fingerprint density at radius 1 is 1.00 bits per heavy atom. The van der Waals surface area contributed by atoms with E-state index < -0.39 is 0 Å². The van der Waals surface area contributed by atoms with Crippen molar-refractivity contribution in [3.8, 4) is 0 Å². The Hall–Kier alpha value is -0.860. The molecule has 0 aliphatic rings. The van der Waals surface area contributed by atoms with Crippen molar-refractivity contribution in [1.29, 1.82) is 0 Å². The molecule has 2 unspecified atom stereocenters. The zero-order chi connectivity index (χ0) is 15.0. The summed E-state index contributed by atoms with van der Waals surface area (Å²) in [5, 5.41) is 3.74. The molecular weight excluding hydrogens is 244 g/mol. The molecule has 1 aromatic rings. The van der Waals surface area contributed by atoms with Crippen molar-refractivity contribution in [2.75, 3.05) is 13.1 Å². The van der Waals surface area contributed by atoms with Gasteiger partial charge < -0.3 is 5.32 Å². The number of benzene rings is 1. The molecule has 2 atom stereocenters. The fourth-order valence-corrected chi connectivity index (χ4v) is 2.91. The summed E-state index contributed by atoms with van der Waals surface area (Å²) in [7, 11) is 0. The highest BCUT2D eigenvalue weighted by Crippen LogP contribution is 2.23. The van der Waals surface area contributed by atoms with Gasteiger partial charge in [-0.15, -0.1) is 0 Å². The highest BCUT2D eigenvalue weighted by atomic mass is 15.2. The Morgan fingerprint density at radius 3 is 2.15 bits per heavy atom. The molecule has 1 N–H and O–H groups in total. The van der Waals surface area contributed by atoms with Gasteiger partial charge in [0.15, 0.2) is 0 Å². The maximum absolute atomic E-state index is 3.74. The Morgan fingerprint density at radius 2 is 1.65 bits per heavy atom. The van der Waals surface area contributed by atoms with E-state index in [9.17, 15) is 0 Å². The predicted molar refractivity (Wildman–Crippen MR) is 89.1 cm³/mol. The van der Waals surface area contributed by atoms with Crippen LogP contribution in [0.25, 0.3) is 0 Å². The lowest BCUT2D eigenvalue weighted by atomic mass is 9.97. The van der Waals surface area contributed by atoms with Gasteiger partial charge >= 0.3 is 0 Å². The van der Waals surface area contributed by atoms with Crippen LogP contribution in [0.4, 0.5) is 0 Å². The van der Waals surface area contributed by atoms with E-state index in [2.05, 4.69) is 75.2 Å². The first-order valence-electron chi connectivity index (χ1n) is 8.15. The Bertz CT molecular complexity index is 348. The van der Waals surface area contributed by atoms with Gasteiger partial charge in [-0.3, -0.25) is 4.90 Å². The summed E-state index contributed by atoms with van der Waals surface area (Å²) in [6.07, 6.45) is 2.38. The lowest BCUT2D eigenvalue weighted by Crippen LogP contribution is -2.46. The number of nitrogens with zero attached hydrogens (tertiary/aromatic N) is 1. The van der Waals surface area contributed by atoms with Crippen molar-refractivity contribution in [2.45, 2.75) is 65.6 Å². The van der Waals surface area contributed by atoms with Crippen molar-refractivity contribution >= 4 is 0 Å². The molecule has 2 heteroatoms. The van der Waals surface area contributed by atoms with E-state index in [0.29, 0.717) is 18.1 Å². The summed E-state index contributed by atoms with van der Waals surface area (Å²) in [6, 6.07) is 12.4. The highest BCUT2D eigenvalue weighted by molar-refractivity contribution is 5.20. The molecule has 1 aromatic carbocycles. The van der Waals surface area contributed by atoms with Gasteiger partial charge in [0, 0.05) is 18.1 Å². The zero-order valence-electron chi connectivity index (χ0n) is 13.9. The molecule has 0 saturated carbocycles. The van der Waals surface area contributed by atoms with Gasteiger partial charge in [-0.2, -0.15) is 0 Å². The maximum Gasteiger partial charge on any atom is 0.0475 e. The number of hydrogen-bond donors (Lipinski definition) is 1. The van der Waals surface area contributed by atoms with E-state index in [4.69, 9.17) is 0 Å². The molecule has 114 valence electrons. The van der Waals surface area contributed by atoms with Crippen molar-refractivity contribution in [1.82, 2.24) is 10.2 Å². The third kappa shape index (κ3) is 4.92. The molecule has 1 rings (SSSR count). The zero-order valence-corrected chi connectivity index (χ0v) is 13.9. The largest absolute Gasteiger partial charge is 0.309 e. The minimum Gasteiger partial charge on any atom is -0.309 e. The van der Waals surface area contributed by atoms with Crippen molar-refractivity contribution in [3.63, 3.8) is 0 Å². The molecule has 0 bridgehead atoms. The van der Waals surface area contributed by atoms with Crippen LogP contribution in [0.5, 0.6) is 0 Å². The SMILES string of the molecule is CCCNC(c1ccccc1)C(C)N(CCC)C(C)C. The molecule has 0 aliphatic heterocycles. The Labute approximate surface area is 125 Å². The first-order valence-corrected chi connectivity index (χ1v) is 8.15. The average molecular weight is 276 g/mol. The van der Waals surface area contributed by atoms with Crippen LogP contribution in [0.15, 0.2) is 30.3 Å². The summed E-state index contributed by atoms with van der Waals surface area (Å²) >= 11 is 0. The van der Waals surface area contributed by atoms with Crippen LogP contribution < -0.4 is 5.32 Å². The van der Waals surface area contributed by atoms with Gasteiger partial charge in [0.05, 0.1) is 0 Å². The molecule has 2 nitrogen and oxygen atoms in total. The van der Waals surface area contributed by atoms with Gasteiger partial charge in [0.1, 0.15) is 0 Å². The normalized spacial score (nSPS) is 14.8. The minimum atomic E-state index is 0.408. The van der Waals surface area contributed by atoms with Crippen LogP contribution in [0.2, 0.25) is 0 Å². The van der Waals surface area contributed by atoms with Crippen molar-refractivity contribution < 1.29 is 0 Å². The summed E-state index contributed by atoms with van der Waals surface area (Å²) < 4.78 is 0. The first kappa shape index (κ1) is 17.2. The molecule has 20 heavy (non-hydrogen) atoms. The lowest BCUT2D eigenvalue weighted by molar-refractivity contribution is 0.131. The second-order valence-corrected chi connectivity index (χ2v) is 5.91. The maximum atomic E-state index is 3.74. The summed E-state index contributed by atoms with van der Waals surface area (Å²) in [5.74, 6) is 0. The predicted octanol–water partition coefficient (Wildman–Crippen LogP) is 4.24. The third-order valence-corrected chi connectivity index (χ3v) is 3.92. The number of hydrogen-bond acceptors (Lipinski definition) is 2. The topological polar surface area (TPSA) is 15.3 Å². The Kier molecular flexibility index (Phi) is 7.86. The molecule has 0 spiro atoms. The van der Waals surface area contributed by atoms with Gasteiger partial charge in [0.25, 0.3) is 0 Å². The highest BCUT2D eigenvalue weighted by Gasteiger charge is 2.25. The summed E-state index contributed by atoms with van der Waals surface area (Å²) in [5.41, 5.74) is 1.40. The van der Waals surface area contributed by atoms with Gasteiger partial charge in [0.2, 0.25) is 0 Å². The van der Waals surface area contributed by atoms with Crippen LogP contribution in [0, 0.1) is 0 Å². The average Bonchev–Trinajstić information content (AvgIpc) is 2.45. The standard InChI is InChI=1S/C18H32N2/c1-6-13-19-18(17-11-9-8-10-12-17)16(5)20(14-7-2)15(3)4/h8-12,15-16,18-19H,6-7,13-14H2,1-5H3. The molecule has 0 aliphatic carbocycles. The van der Waals surface area contributed by atoms with Gasteiger partial charge in [-0.1, -0.05) is 44.2 Å². The quantitative estimate of drug-likeness (QED) is 0.726. The van der Waals surface area contributed by atoms with Crippen LogP contribution in [-0.4, -0.2) is 30.1 Å². The van der Waals surface area contributed by atoms with E-state index in [1.165, 1.54) is 18.4 Å². The molecule has 0 saturated heterocycles. The number of nitrogens with one attached hydrogen (secondary N) is 1. The first-order chi connectivity index (χ1) is 9.61. The third-order valence-electron chi connectivity index (χ3n) is 3.92. The molecule has 0 radical (unpaired) electrons. The minimum absolute atomic E-state index is 0.408. The van der Waals surface area contributed by atoms with Gasteiger partial charge in [-0.25, -0.2) is 0 Å². The van der Waals surface area contributed by atoms with E-state index in [0.717, 1.165) is 13.1 Å². The molecule has 0 fully saturated rings. The van der Waals surface area contributed by atoms with E-state index >= 15 is 0 Å². The van der Waals surface area contributed by atoms with Gasteiger partial charge in [-0.05, 0) is 52.3 Å². The van der Waals surface area contributed by atoms with Crippen LogP contribution in [0.1, 0.15) is 59.1 Å². The van der Waals surface area contributed by atoms with E-state index in [-0.39, 0.29) is 0 Å². The number of rotatable bonds is 9.